The summed E-state index contributed by atoms with van der Waals surface area (Å²) in [6, 6.07) is 16.6. The van der Waals surface area contributed by atoms with Crippen molar-refractivity contribution >= 4 is 10.8 Å². The lowest BCUT2D eigenvalue weighted by atomic mass is 10.00. The molecule has 0 fully saturated rings. The van der Waals surface area contributed by atoms with Gasteiger partial charge >= 0.3 is 0 Å². The van der Waals surface area contributed by atoms with Gasteiger partial charge in [0, 0.05) is 13.2 Å². The maximum absolute atomic E-state index is 5.72. The van der Waals surface area contributed by atoms with Crippen LogP contribution in [0, 0.1) is 0 Å². The predicted molar refractivity (Wildman–Crippen MR) is 76.3 cm³/mol. The van der Waals surface area contributed by atoms with Crippen molar-refractivity contribution in [3.05, 3.63) is 66.0 Å². The van der Waals surface area contributed by atoms with E-state index in [9.17, 15) is 0 Å². The zero-order valence-corrected chi connectivity index (χ0v) is 10.7. The van der Waals surface area contributed by atoms with Crippen molar-refractivity contribution < 1.29 is 0 Å². The van der Waals surface area contributed by atoms with Gasteiger partial charge in [-0.3, -0.25) is 10.5 Å². The van der Waals surface area contributed by atoms with Crippen molar-refractivity contribution in [1.29, 1.82) is 0 Å². The van der Waals surface area contributed by atoms with E-state index in [1.54, 1.807) is 6.20 Å². The average molecular weight is 252 g/mol. The van der Waals surface area contributed by atoms with Crippen molar-refractivity contribution in [2.45, 2.75) is 6.04 Å². The van der Waals surface area contributed by atoms with Crippen LogP contribution in [0.5, 0.6) is 0 Å². The molecule has 0 saturated carbocycles. The number of aryl methyl sites for hydroxylation is 1. The lowest BCUT2D eigenvalue weighted by molar-refractivity contribution is 0.575. The van der Waals surface area contributed by atoms with Crippen LogP contribution in [0.4, 0.5) is 0 Å². The Morgan fingerprint density at radius 3 is 2.58 bits per heavy atom. The Labute approximate surface area is 111 Å². The molecular weight excluding hydrogens is 236 g/mol. The van der Waals surface area contributed by atoms with Crippen LogP contribution in [-0.2, 0) is 7.05 Å². The number of nitrogens with zero attached hydrogens (tertiary/aromatic N) is 2. The van der Waals surface area contributed by atoms with E-state index in [4.69, 9.17) is 5.84 Å². The molecule has 3 rings (SSSR count). The molecule has 1 heterocycles. The summed E-state index contributed by atoms with van der Waals surface area (Å²) in [7, 11) is 1.92. The van der Waals surface area contributed by atoms with Gasteiger partial charge in [-0.2, -0.15) is 5.10 Å². The average Bonchev–Trinajstić information content (AvgIpc) is 2.86. The van der Waals surface area contributed by atoms with E-state index in [-0.39, 0.29) is 6.04 Å². The van der Waals surface area contributed by atoms with Crippen LogP contribution in [-0.4, -0.2) is 9.78 Å². The number of benzene rings is 2. The first-order chi connectivity index (χ1) is 9.29. The van der Waals surface area contributed by atoms with Gasteiger partial charge in [0.2, 0.25) is 0 Å². The molecule has 0 radical (unpaired) electrons. The third kappa shape index (κ3) is 2.12. The summed E-state index contributed by atoms with van der Waals surface area (Å²) in [4.78, 5) is 0. The maximum atomic E-state index is 5.72. The quantitative estimate of drug-likeness (QED) is 0.554. The monoisotopic (exact) mass is 252 g/mol. The van der Waals surface area contributed by atoms with Gasteiger partial charge < -0.3 is 0 Å². The fourth-order valence-corrected chi connectivity index (χ4v) is 2.41. The SMILES string of the molecule is Cn1nccc1C(NN)c1ccc2ccccc2c1. The Bertz CT molecular complexity index is 702. The minimum absolute atomic E-state index is 0.0582. The molecule has 0 aliphatic carbocycles. The Morgan fingerprint density at radius 2 is 1.89 bits per heavy atom. The summed E-state index contributed by atoms with van der Waals surface area (Å²) in [5.41, 5.74) is 5.03. The molecule has 1 aromatic heterocycles. The van der Waals surface area contributed by atoms with Gasteiger partial charge in [0.05, 0.1) is 11.7 Å². The molecule has 0 aliphatic heterocycles. The van der Waals surface area contributed by atoms with Crippen LogP contribution in [0.3, 0.4) is 0 Å². The van der Waals surface area contributed by atoms with Crippen LogP contribution < -0.4 is 11.3 Å². The smallest absolute Gasteiger partial charge is 0.0878 e. The summed E-state index contributed by atoms with van der Waals surface area (Å²) in [5, 5.41) is 6.63. The van der Waals surface area contributed by atoms with Crippen LogP contribution in [0.2, 0.25) is 0 Å². The molecule has 19 heavy (non-hydrogen) atoms. The second-order valence-electron chi connectivity index (χ2n) is 4.59. The molecule has 1 unspecified atom stereocenters. The van der Waals surface area contributed by atoms with E-state index >= 15 is 0 Å². The molecule has 0 amide bonds. The Morgan fingerprint density at radius 1 is 1.11 bits per heavy atom. The molecular formula is C15H16N4. The Balaban J connectivity index is 2.09. The fraction of sp³-hybridized carbons (Fsp3) is 0.133. The molecule has 0 aliphatic rings. The molecule has 4 heteroatoms. The predicted octanol–water partition coefficient (Wildman–Crippen LogP) is 2.13. The molecule has 4 nitrogen and oxygen atoms in total. The molecule has 0 bridgehead atoms. The number of hydrogen-bond acceptors (Lipinski definition) is 3. The summed E-state index contributed by atoms with van der Waals surface area (Å²) in [6.07, 6.45) is 1.78. The highest BCUT2D eigenvalue weighted by Gasteiger charge is 2.15. The summed E-state index contributed by atoms with van der Waals surface area (Å²) < 4.78 is 1.83. The van der Waals surface area contributed by atoms with Gasteiger partial charge in [-0.1, -0.05) is 36.4 Å². The topological polar surface area (TPSA) is 55.9 Å². The largest absolute Gasteiger partial charge is 0.271 e. The second-order valence-corrected chi connectivity index (χ2v) is 4.59. The number of nitrogens with two attached hydrogens (primary N) is 1. The van der Waals surface area contributed by atoms with E-state index in [2.05, 4.69) is 40.9 Å². The van der Waals surface area contributed by atoms with E-state index in [0.717, 1.165) is 11.3 Å². The molecule has 2 aromatic carbocycles. The minimum atomic E-state index is -0.0582. The van der Waals surface area contributed by atoms with Gasteiger partial charge in [0.15, 0.2) is 0 Å². The highest BCUT2D eigenvalue weighted by Crippen LogP contribution is 2.24. The molecule has 3 aromatic rings. The van der Waals surface area contributed by atoms with Crippen molar-refractivity contribution in [2.75, 3.05) is 0 Å². The van der Waals surface area contributed by atoms with Crippen LogP contribution in [0.15, 0.2) is 54.7 Å². The summed E-state index contributed by atoms with van der Waals surface area (Å²) in [6.45, 7) is 0. The molecule has 0 spiro atoms. The number of hydrazine groups is 1. The number of rotatable bonds is 3. The van der Waals surface area contributed by atoms with Crippen molar-refractivity contribution in [3.63, 3.8) is 0 Å². The highest BCUT2D eigenvalue weighted by atomic mass is 15.3. The van der Waals surface area contributed by atoms with E-state index in [0.29, 0.717) is 0 Å². The summed E-state index contributed by atoms with van der Waals surface area (Å²) >= 11 is 0. The Kier molecular flexibility index (Phi) is 3.03. The molecule has 3 N–H and O–H groups in total. The third-order valence-corrected chi connectivity index (χ3v) is 3.43. The zero-order chi connectivity index (χ0) is 13.2. The summed E-state index contributed by atoms with van der Waals surface area (Å²) in [5.74, 6) is 5.72. The minimum Gasteiger partial charge on any atom is -0.271 e. The fourth-order valence-electron chi connectivity index (χ4n) is 2.41. The van der Waals surface area contributed by atoms with Gasteiger partial charge in [-0.15, -0.1) is 0 Å². The number of nitrogens with one attached hydrogen (secondary N) is 1. The van der Waals surface area contributed by atoms with Crippen molar-refractivity contribution in [3.8, 4) is 0 Å². The molecule has 0 saturated heterocycles. The van der Waals surface area contributed by atoms with Gasteiger partial charge in [0.1, 0.15) is 0 Å². The van der Waals surface area contributed by atoms with Gasteiger partial charge in [-0.25, -0.2) is 5.43 Å². The third-order valence-electron chi connectivity index (χ3n) is 3.43. The first-order valence-electron chi connectivity index (χ1n) is 6.22. The normalized spacial score (nSPS) is 12.7. The number of fused-ring (bicyclic) bond motifs is 1. The van der Waals surface area contributed by atoms with E-state index in [1.165, 1.54) is 10.8 Å². The van der Waals surface area contributed by atoms with Crippen LogP contribution in [0.1, 0.15) is 17.3 Å². The Hall–Kier alpha value is -2.17. The van der Waals surface area contributed by atoms with Crippen LogP contribution in [0.25, 0.3) is 10.8 Å². The van der Waals surface area contributed by atoms with Crippen molar-refractivity contribution in [1.82, 2.24) is 15.2 Å². The van der Waals surface area contributed by atoms with Gasteiger partial charge in [-0.05, 0) is 28.5 Å². The maximum Gasteiger partial charge on any atom is 0.0878 e. The van der Waals surface area contributed by atoms with Crippen LogP contribution >= 0.6 is 0 Å². The molecule has 96 valence electrons. The van der Waals surface area contributed by atoms with Gasteiger partial charge in [0.25, 0.3) is 0 Å². The second kappa shape index (κ2) is 4.84. The highest BCUT2D eigenvalue weighted by molar-refractivity contribution is 5.83. The van der Waals surface area contributed by atoms with Crippen molar-refractivity contribution in [2.24, 2.45) is 12.9 Å². The lowest BCUT2D eigenvalue weighted by Crippen LogP contribution is -2.30. The standard InChI is InChI=1S/C15H16N4/c1-19-14(8-9-17-19)15(18-16)13-7-6-11-4-2-3-5-12(11)10-13/h2-10,15,18H,16H2,1H3. The number of hydrogen-bond donors (Lipinski definition) is 2. The van der Waals surface area contributed by atoms with E-state index < -0.39 is 0 Å². The zero-order valence-electron chi connectivity index (χ0n) is 10.7. The van der Waals surface area contributed by atoms with E-state index in [1.807, 2.05) is 29.9 Å². The lowest BCUT2D eigenvalue weighted by Gasteiger charge is -2.17. The first kappa shape index (κ1) is 11.9. The molecule has 1 atom stereocenters. The first-order valence-corrected chi connectivity index (χ1v) is 6.22. The number of aromatic nitrogens is 2.